The number of hydrogen-bond acceptors (Lipinski definition) is 12. The van der Waals surface area contributed by atoms with Crippen molar-refractivity contribution in [2.24, 2.45) is 5.73 Å². The summed E-state index contributed by atoms with van der Waals surface area (Å²) in [6, 6.07) is 8.52. The number of carboxylic acids is 3. The summed E-state index contributed by atoms with van der Waals surface area (Å²) in [4.78, 5) is 118. The fourth-order valence-corrected chi connectivity index (χ4v) is 8.14. The first kappa shape index (κ1) is 55.7. The molecule has 382 valence electrons. The number of aromatic nitrogens is 1. The van der Waals surface area contributed by atoms with E-state index in [4.69, 9.17) is 10.5 Å². The van der Waals surface area contributed by atoms with E-state index in [2.05, 4.69) is 31.6 Å². The minimum absolute atomic E-state index is 0.186. The molecule has 0 fully saturated rings. The Labute approximate surface area is 405 Å². The van der Waals surface area contributed by atoms with Crippen molar-refractivity contribution in [2.75, 3.05) is 13.2 Å². The Bertz CT molecular complexity index is 2680. The number of benzene rings is 3. The third kappa shape index (κ3) is 18.2. The quantitative estimate of drug-likeness (QED) is 0.0314. The van der Waals surface area contributed by atoms with Gasteiger partial charge in [-0.15, -0.1) is 0 Å². The number of ether oxygens (including phenoxy) is 1. The van der Waals surface area contributed by atoms with Crippen LogP contribution in [0.25, 0.3) is 10.9 Å². The minimum atomic E-state index is -4.58. The van der Waals surface area contributed by atoms with E-state index in [-0.39, 0.29) is 23.3 Å². The molecule has 0 aliphatic rings. The number of amides is 6. The van der Waals surface area contributed by atoms with Crippen LogP contribution in [0.15, 0.2) is 83.9 Å². The lowest BCUT2D eigenvalue weighted by atomic mass is 10.0. The van der Waals surface area contributed by atoms with Gasteiger partial charge in [0.2, 0.25) is 45.5 Å². The van der Waals surface area contributed by atoms with Gasteiger partial charge in [-0.3, -0.25) is 43.2 Å². The van der Waals surface area contributed by atoms with E-state index in [0.717, 1.165) is 37.1 Å². The maximum absolute atomic E-state index is 14.4. The topological polar surface area (TPSA) is 372 Å². The molecule has 12 N–H and O–H groups in total. The number of primary amides is 1. The van der Waals surface area contributed by atoms with Crippen molar-refractivity contribution in [1.29, 1.82) is 0 Å². The molecule has 1 aromatic heterocycles. The summed E-state index contributed by atoms with van der Waals surface area (Å²) >= 11 is 0. The fourth-order valence-electron chi connectivity index (χ4n) is 6.95. The van der Waals surface area contributed by atoms with E-state index in [9.17, 15) is 71.3 Å². The molecule has 0 saturated heterocycles. The van der Waals surface area contributed by atoms with Crippen molar-refractivity contribution in [3.05, 3.63) is 95.9 Å². The number of carboxylic acid groups (broad SMARTS) is 3. The molecule has 1 unspecified atom stereocenters. The molecule has 4 rings (SSSR count). The number of aromatic amines is 1. The van der Waals surface area contributed by atoms with E-state index in [1.807, 2.05) is 11.6 Å². The van der Waals surface area contributed by atoms with Crippen LogP contribution in [0.4, 0.5) is 4.39 Å². The molecule has 0 aliphatic carbocycles. The monoisotopic (exact) mass is 1010 g/mol. The first-order valence-electron chi connectivity index (χ1n) is 22.1. The third-order valence-corrected chi connectivity index (χ3v) is 12.1. The molecule has 5 atom stereocenters. The largest absolute Gasteiger partial charge is 0.494 e. The zero-order chi connectivity index (χ0) is 52.3. The molecule has 4 aromatic rings. The molecule has 0 bridgehead atoms. The van der Waals surface area contributed by atoms with Crippen LogP contribution in [0.2, 0.25) is 0 Å². The fraction of sp³-hybridized carbons (Fsp3) is 0.370. The van der Waals surface area contributed by atoms with Crippen molar-refractivity contribution < 1.29 is 76.0 Å². The zero-order valence-corrected chi connectivity index (χ0v) is 39.1. The zero-order valence-electron chi connectivity index (χ0n) is 38.3. The standard InChI is InChI=1S/C46H55FN8O15S/c1-2-3-19-70-29-11-13-30(14-12-29)71(68,69)55-37(23-41(61)62)46(67)53-34(16-18-40(59)60)43(64)50-25-38(56)51-35(21-26-7-6-8-28(47)20-26)44(65)54-36(22-27-24-49-32-10-5-4-9-31(27)32)45(66)52-33(42(48)63)15-17-39(57)58/h4-14,20,24,33-37,49,55H,2-3,15-19,21-23,25H2,1H3,(H2,48,63)(H,50,64)(H,51,56)(H,52,66)(H,53,67)(H,54,65)(H,57,58)(H,59,60)(H,61,62)/t33-,34?,35-,36-,37+/m0/s1. The van der Waals surface area contributed by atoms with Gasteiger partial charge in [0.25, 0.3) is 0 Å². The number of nitrogens with two attached hydrogens (primary N) is 1. The average Bonchev–Trinajstić information content (AvgIpc) is 3.72. The highest BCUT2D eigenvalue weighted by molar-refractivity contribution is 7.89. The molecule has 1 heterocycles. The summed E-state index contributed by atoms with van der Waals surface area (Å²) in [5.74, 6) is -11.3. The lowest BCUT2D eigenvalue weighted by Gasteiger charge is -2.25. The summed E-state index contributed by atoms with van der Waals surface area (Å²) in [6.45, 7) is 1.38. The molecule has 25 heteroatoms. The van der Waals surface area contributed by atoms with Gasteiger partial charge in [0.05, 0.1) is 24.5 Å². The molecule has 3 aromatic carbocycles. The third-order valence-electron chi connectivity index (χ3n) is 10.6. The van der Waals surface area contributed by atoms with Gasteiger partial charge in [-0.1, -0.05) is 43.7 Å². The number of rotatable bonds is 30. The van der Waals surface area contributed by atoms with E-state index >= 15 is 0 Å². The molecule has 0 saturated carbocycles. The molecule has 0 spiro atoms. The number of H-pyrrole nitrogens is 1. The van der Waals surface area contributed by atoms with E-state index in [1.54, 1.807) is 30.5 Å². The number of halogens is 1. The van der Waals surface area contributed by atoms with Crippen molar-refractivity contribution in [3.63, 3.8) is 0 Å². The second kappa shape index (κ2) is 26.7. The first-order chi connectivity index (χ1) is 33.6. The summed E-state index contributed by atoms with van der Waals surface area (Å²) in [7, 11) is -4.58. The van der Waals surface area contributed by atoms with Gasteiger partial charge >= 0.3 is 17.9 Å². The first-order valence-corrected chi connectivity index (χ1v) is 23.6. The van der Waals surface area contributed by atoms with Crippen molar-refractivity contribution in [2.45, 2.75) is 99.8 Å². The van der Waals surface area contributed by atoms with Crippen LogP contribution < -0.4 is 41.8 Å². The molecular weight excluding hydrogens is 956 g/mol. The summed E-state index contributed by atoms with van der Waals surface area (Å²) in [6.07, 6.45) is -0.874. The molecule has 6 amide bonds. The highest BCUT2D eigenvalue weighted by Gasteiger charge is 2.33. The van der Waals surface area contributed by atoms with Gasteiger partial charge in [0.1, 0.15) is 41.8 Å². The number of carbonyl (C=O) groups is 9. The number of para-hydroxylation sites is 1. The highest BCUT2D eigenvalue weighted by Crippen LogP contribution is 2.20. The summed E-state index contributed by atoms with van der Waals surface area (Å²) in [5.41, 5.74) is 6.83. The molecule has 23 nitrogen and oxygen atoms in total. The maximum atomic E-state index is 14.4. The summed E-state index contributed by atoms with van der Waals surface area (Å²) in [5, 5.41) is 40.4. The second-order valence-corrected chi connectivity index (χ2v) is 17.8. The van der Waals surface area contributed by atoms with Crippen molar-refractivity contribution >= 4 is 74.3 Å². The van der Waals surface area contributed by atoms with Gasteiger partial charge in [0.15, 0.2) is 0 Å². The van der Waals surface area contributed by atoms with Crippen LogP contribution in [0.5, 0.6) is 5.75 Å². The molecule has 0 radical (unpaired) electrons. The Kier molecular flexibility index (Phi) is 21.0. The van der Waals surface area contributed by atoms with Gasteiger partial charge in [-0.25, -0.2) is 12.8 Å². The van der Waals surface area contributed by atoms with Crippen LogP contribution in [-0.2, 0) is 66.0 Å². The Morgan fingerprint density at radius 2 is 1.31 bits per heavy atom. The van der Waals surface area contributed by atoms with E-state index in [0.29, 0.717) is 28.8 Å². The van der Waals surface area contributed by atoms with Crippen LogP contribution in [0.3, 0.4) is 0 Å². The molecule has 0 aliphatic heterocycles. The minimum Gasteiger partial charge on any atom is -0.494 e. The van der Waals surface area contributed by atoms with Crippen LogP contribution >= 0.6 is 0 Å². The normalized spacial score (nSPS) is 13.3. The lowest BCUT2D eigenvalue weighted by Crippen LogP contribution is -2.58. The van der Waals surface area contributed by atoms with Gasteiger partial charge in [-0.2, -0.15) is 4.72 Å². The van der Waals surface area contributed by atoms with E-state index < -0.39 is 138 Å². The van der Waals surface area contributed by atoms with Gasteiger partial charge in [0, 0.05) is 42.8 Å². The predicted octanol–water partition coefficient (Wildman–Crippen LogP) is 0.363. The van der Waals surface area contributed by atoms with Crippen LogP contribution in [0.1, 0.15) is 63.0 Å². The predicted molar refractivity (Wildman–Crippen MR) is 249 cm³/mol. The highest BCUT2D eigenvalue weighted by atomic mass is 32.2. The number of unbranched alkanes of at least 4 members (excludes halogenated alkanes) is 1. The number of carbonyl (C=O) groups excluding carboxylic acids is 6. The van der Waals surface area contributed by atoms with E-state index in [1.165, 1.54) is 24.3 Å². The Hall–Kier alpha value is -7.93. The van der Waals surface area contributed by atoms with Crippen LogP contribution in [-0.4, -0.2) is 125 Å². The second-order valence-electron chi connectivity index (χ2n) is 16.1. The number of fused-ring (bicyclic) bond motifs is 1. The van der Waals surface area contributed by atoms with Crippen molar-refractivity contribution in [1.82, 2.24) is 36.3 Å². The van der Waals surface area contributed by atoms with Gasteiger partial charge in [-0.05, 0) is 72.9 Å². The number of sulfonamides is 1. The Morgan fingerprint density at radius 1 is 0.704 bits per heavy atom. The molecular formula is C46H55FN8O15S. The van der Waals surface area contributed by atoms with Crippen molar-refractivity contribution in [3.8, 4) is 5.75 Å². The average molecular weight is 1010 g/mol. The van der Waals surface area contributed by atoms with Gasteiger partial charge < -0.3 is 57.4 Å². The number of aliphatic carboxylic acids is 3. The number of hydrogen-bond donors (Lipinski definition) is 11. The Balaban J connectivity index is 1.54. The Morgan fingerprint density at radius 3 is 1.93 bits per heavy atom. The maximum Gasteiger partial charge on any atom is 0.305 e. The number of nitrogens with one attached hydrogen (secondary N) is 7. The lowest BCUT2D eigenvalue weighted by molar-refractivity contribution is -0.140. The van der Waals surface area contributed by atoms with Crippen LogP contribution in [0, 0.1) is 5.82 Å². The molecule has 71 heavy (non-hydrogen) atoms. The SMILES string of the molecule is CCCCOc1ccc(S(=O)(=O)N[C@H](CC(=O)O)C(=O)NC(CCC(=O)O)C(=O)NCC(=O)N[C@@H](Cc2cccc(F)c2)C(=O)N[C@@H](Cc2c[nH]c3ccccc23)C(=O)N[C@@H](CCC(=O)O)C(N)=O)cc1. The smallest absolute Gasteiger partial charge is 0.305 e. The summed E-state index contributed by atoms with van der Waals surface area (Å²) < 4.78 is 48.4.